The van der Waals surface area contributed by atoms with E-state index in [-0.39, 0.29) is 18.5 Å². The maximum absolute atomic E-state index is 12.4. The predicted octanol–water partition coefficient (Wildman–Crippen LogP) is 13.8. The van der Waals surface area contributed by atoms with Crippen LogP contribution < -0.4 is 5.32 Å². The van der Waals surface area contributed by atoms with Gasteiger partial charge in [-0.05, 0) is 51.4 Å². The summed E-state index contributed by atoms with van der Waals surface area (Å²) < 4.78 is 5.41. The van der Waals surface area contributed by atoms with Crippen LogP contribution in [0.5, 0.6) is 0 Å². The van der Waals surface area contributed by atoms with E-state index in [9.17, 15) is 19.8 Å². The second kappa shape index (κ2) is 44.3. The fraction of sp³-hybridized carbons (Fsp3) is 0.917. The van der Waals surface area contributed by atoms with Gasteiger partial charge in [-0.25, -0.2) is 0 Å². The zero-order valence-corrected chi connectivity index (χ0v) is 36.2. The van der Waals surface area contributed by atoms with Crippen LogP contribution in [0.15, 0.2) is 12.2 Å². The van der Waals surface area contributed by atoms with Gasteiger partial charge in [0, 0.05) is 12.8 Å². The molecule has 0 aliphatic carbocycles. The van der Waals surface area contributed by atoms with Gasteiger partial charge in [0.1, 0.15) is 0 Å². The first-order valence-electron chi connectivity index (χ1n) is 23.9. The lowest BCUT2D eigenvalue weighted by atomic mass is 10.0. The van der Waals surface area contributed by atoms with Gasteiger partial charge in [0.2, 0.25) is 5.91 Å². The van der Waals surface area contributed by atoms with Gasteiger partial charge in [0.15, 0.2) is 0 Å². The Labute approximate surface area is 336 Å². The van der Waals surface area contributed by atoms with Gasteiger partial charge < -0.3 is 20.3 Å². The summed E-state index contributed by atoms with van der Waals surface area (Å²) in [6.07, 6.45) is 48.9. The van der Waals surface area contributed by atoms with Crippen molar-refractivity contribution < 1.29 is 24.5 Å². The molecule has 0 saturated carbocycles. The number of amides is 1. The lowest BCUT2D eigenvalue weighted by Gasteiger charge is -2.22. The summed E-state index contributed by atoms with van der Waals surface area (Å²) in [7, 11) is 0. The monoisotopic (exact) mass is 764 g/mol. The summed E-state index contributed by atoms with van der Waals surface area (Å²) >= 11 is 0. The van der Waals surface area contributed by atoms with Crippen molar-refractivity contribution in [1.29, 1.82) is 0 Å². The van der Waals surface area contributed by atoms with Crippen molar-refractivity contribution in [2.45, 2.75) is 270 Å². The maximum Gasteiger partial charge on any atom is 0.305 e. The first-order valence-corrected chi connectivity index (χ1v) is 23.9. The van der Waals surface area contributed by atoms with E-state index in [1.807, 2.05) is 0 Å². The lowest BCUT2D eigenvalue weighted by Crippen LogP contribution is -2.45. The Balaban J connectivity index is 3.54. The molecule has 0 aromatic heterocycles. The zero-order chi connectivity index (χ0) is 39.4. The molecule has 0 saturated heterocycles. The van der Waals surface area contributed by atoms with Crippen molar-refractivity contribution in [1.82, 2.24) is 5.32 Å². The van der Waals surface area contributed by atoms with E-state index in [1.165, 1.54) is 148 Å². The Hall–Kier alpha value is -1.40. The second-order valence-corrected chi connectivity index (χ2v) is 16.4. The number of aliphatic hydroxyl groups is 2. The smallest absolute Gasteiger partial charge is 0.305 e. The number of unbranched alkanes of at least 4 members (excludes halogenated alkanes) is 31. The minimum absolute atomic E-state index is 0.0366. The van der Waals surface area contributed by atoms with E-state index in [4.69, 9.17) is 4.74 Å². The van der Waals surface area contributed by atoms with Crippen LogP contribution in [0.4, 0.5) is 0 Å². The lowest BCUT2D eigenvalue weighted by molar-refractivity contribution is -0.143. The minimum atomic E-state index is -0.684. The molecule has 0 radical (unpaired) electrons. The van der Waals surface area contributed by atoms with Crippen LogP contribution in [-0.4, -0.2) is 47.4 Å². The number of esters is 1. The topological polar surface area (TPSA) is 95.9 Å². The van der Waals surface area contributed by atoms with Gasteiger partial charge in [0.25, 0.3) is 0 Å². The van der Waals surface area contributed by atoms with Crippen LogP contribution in [-0.2, 0) is 14.3 Å². The molecule has 1 amide bonds. The van der Waals surface area contributed by atoms with Gasteiger partial charge in [-0.2, -0.15) is 0 Å². The Bertz CT molecular complexity index is 802. The highest BCUT2D eigenvalue weighted by molar-refractivity contribution is 5.76. The molecule has 0 rings (SSSR count). The Morgan fingerprint density at radius 2 is 0.870 bits per heavy atom. The normalized spacial score (nSPS) is 12.7. The van der Waals surface area contributed by atoms with E-state index in [0.29, 0.717) is 25.9 Å². The maximum atomic E-state index is 12.4. The van der Waals surface area contributed by atoms with Crippen molar-refractivity contribution in [3.63, 3.8) is 0 Å². The van der Waals surface area contributed by atoms with Crippen molar-refractivity contribution >= 4 is 11.9 Å². The number of ether oxygens (including phenoxy) is 1. The fourth-order valence-corrected chi connectivity index (χ4v) is 7.34. The van der Waals surface area contributed by atoms with Crippen LogP contribution in [0.2, 0.25) is 0 Å². The largest absolute Gasteiger partial charge is 0.466 e. The van der Waals surface area contributed by atoms with E-state index in [0.717, 1.165) is 77.0 Å². The molecule has 6 heteroatoms. The number of aliphatic hydroxyl groups excluding tert-OH is 2. The number of allylic oxidation sites excluding steroid dienone is 2. The van der Waals surface area contributed by atoms with E-state index in [1.54, 1.807) is 0 Å². The summed E-state index contributed by atoms with van der Waals surface area (Å²) in [5, 5.41) is 23.2. The van der Waals surface area contributed by atoms with Crippen molar-refractivity contribution in [2.75, 3.05) is 13.2 Å². The molecule has 0 aromatic carbocycles. The van der Waals surface area contributed by atoms with Crippen LogP contribution in [0, 0.1) is 0 Å². The summed E-state index contributed by atoms with van der Waals surface area (Å²) in [6, 6.07) is -0.565. The molecule has 0 heterocycles. The average molecular weight is 764 g/mol. The molecule has 0 aliphatic rings. The third-order valence-electron chi connectivity index (χ3n) is 11.1. The van der Waals surface area contributed by atoms with Gasteiger partial charge in [-0.3, -0.25) is 9.59 Å². The molecular formula is C48H93NO5. The van der Waals surface area contributed by atoms with Gasteiger partial charge in [-0.15, -0.1) is 0 Å². The quantitative estimate of drug-likeness (QED) is 0.0326. The molecule has 0 bridgehead atoms. The highest BCUT2D eigenvalue weighted by Gasteiger charge is 2.20. The highest BCUT2D eigenvalue weighted by Crippen LogP contribution is 2.16. The highest BCUT2D eigenvalue weighted by atomic mass is 16.5. The third-order valence-corrected chi connectivity index (χ3v) is 11.1. The standard InChI is InChI=1S/C48H93NO5/c1-3-5-7-9-11-13-15-16-17-18-19-21-24-28-32-36-40-46(51)45(44-50)49-47(52)41-37-33-29-25-22-23-27-31-35-39-43-54-48(53)42-38-34-30-26-20-14-12-10-8-6-4-2/h23,27,45-46,50-51H,3-22,24-26,28-44H2,1-2H3,(H,49,52)/b27-23-. The van der Waals surface area contributed by atoms with Crippen LogP contribution in [0.3, 0.4) is 0 Å². The molecule has 0 aliphatic heterocycles. The number of hydrogen-bond acceptors (Lipinski definition) is 5. The number of rotatable bonds is 44. The Morgan fingerprint density at radius 3 is 1.31 bits per heavy atom. The molecule has 0 spiro atoms. The van der Waals surface area contributed by atoms with Crippen molar-refractivity contribution in [3.05, 3.63) is 12.2 Å². The molecular weight excluding hydrogens is 671 g/mol. The van der Waals surface area contributed by atoms with Crippen LogP contribution in [0.25, 0.3) is 0 Å². The summed E-state index contributed by atoms with van der Waals surface area (Å²) in [6.45, 7) is 4.86. The first-order chi connectivity index (χ1) is 26.5. The van der Waals surface area contributed by atoms with Gasteiger partial charge in [0.05, 0.1) is 25.4 Å². The summed E-state index contributed by atoms with van der Waals surface area (Å²) in [4.78, 5) is 24.4. The molecule has 3 N–H and O–H groups in total. The SMILES string of the molecule is CCCCCCCCCCCCCCCCCCC(O)C(CO)NC(=O)CCCCCC/C=C\CCCCOC(=O)CCCCCCCCCCCCC. The van der Waals surface area contributed by atoms with Crippen molar-refractivity contribution in [2.24, 2.45) is 0 Å². The predicted molar refractivity (Wildman–Crippen MR) is 232 cm³/mol. The zero-order valence-electron chi connectivity index (χ0n) is 36.2. The van der Waals surface area contributed by atoms with Gasteiger partial charge in [-0.1, -0.05) is 206 Å². The molecule has 2 unspecified atom stereocenters. The number of hydrogen-bond donors (Lipinski definition) is 3. The number of carbonyl (C=O) groups excluding carboxylic acids is 2. The van der Waals surface area contributed by atoms with E-state index in [2.05, 4.69) is 31.3 Å². The third kappa shape index (κ3) is 40.3. The first kappa shape index (κ1) is 52.6. The number of carbonyl (C=O) groups is 2. The molecule has 54 heavy (non-hydrogen) atoms. The molecule has 6 nitrogen and oxygen atoms in total. The summed E-state index contributed by atoms with van der Waals surface area (Å²) in [5.41, 5.74) is 0. The second-order valence-electron chi connectivity index (χ2n) is 16.4. The average Bonchev–Trinajstić information content (AvgIpc) is 3.17. The fourth-order valence-electron chi connectivity index (χ4n) is 7.34. The summed E-state index contributed by atoms with van der Waals surface area (Å²) in [5.74, 6) is -0.106. The number of nitrogens with one attached hydrogen (secondary N) is 1. The van der Waals surface area contributed by atoms with E-state index >= 15 is 0 Å². The van der Waals surface area contributed by atoms with Crippen LogP contribution in [0.1, 0.15) is 258 Å². The van der Waals surface area contributed by atoms with E-state index < -0.39 is 12.1 Å². The van der Waals surface area contributed by atoms with Crippen molar-refractivity contribution in [3.8, 4) is 0 Å². The van der Waals surface area contributed by atoms with Gasteiger partial charge >= 0.3 is 5.97 Å². The Kier molecular flexibility index (Phi) is 43.2. The Morgan fingerprint density at radius 1 is 0.500 bits per heavy atom. The minimum Gasteiger partial charge on any atom is -0.466 e. The van der Waals surface area contributed by atoms with Crippen LogP contribution >= 0.6 is 0 Å². The molecule has 2 atom stereocenters. The molecule has 0 fully saturated rings. The molecule has 0 aromatic rings. The molecule has 320 valence electrons.